The summed E-state index contributed by atoms with van der Waals surface area (Å²) in [6, 6.07) is -1.58. The molecule has 0 saturated heterocycles. The second kappa shape index (κ2) is 8.75. The van der Waals surface area contributed by atoms with E-state index < -0.39 is 18.0 Å². The van der Waals surface area contributed by atoms with Gasteiger partial charge in [-0.25, -0.2) is 4.79 Å². The van der Waals surface area contributed by atoms with Crippen LogP contribution in [0, 0.1) is 0 Å². The molecule has 0 radical (unpaired) electrons. The molecule has 0 aromatic rings. The first kappa shape index (κ1) is 14.2. The lowest BCUT2D eigenvalue weighted by molar-refractivity contribution is -0.138. The normalized spacial score (nSPS) is 10.9. The summed E-state index contributed by atoms with van der Waals surface area (Å²) in [6.07, 6.45) is 1.14. The van der Waals surface area contributed by atoms with Gasteiger partial charge in [0.25, 0.3) is 0 Å². The molecule has 0 aliphatic carbocycles. The Morgan fingerprint density at radius 3 is 1.92 bits per heavy atom. The highest BCUT2D eigenvalue weighted by Crippen LogP contribution is 1.91. The molecule has 0 spiro atoms. The van der Waals surface area contributed by atoms with Crippen molar-refractivity contribution in [1.29, 1.82) is 0 Å². The number of primary amides is 2. The average Bonchev–Trinajstić information content (AvgIpc) is 1.98. The molecule has 0 aromatic carbocycles. The van der Waals surface area contributed by atoms with Gasteiger partial charge in [0.05, 0.1) is 0 Å². The summed E-state index contributed by atoms with van der Waals surface area (Å²) in [6.45, 7) is 0.501. The third-order valence-electron chi connectivity index (χ3n) is 1.04. The van der Waals surface area contributed by atoms with Crippen LogP contribution in [0.15, 0.2) is 0 Å². The lowest BCUT2D eigenvalue weighted by Crippen LogP contribution is -2.30. The van der Waals surface area contributed by atoms with Crippen LogP contribution in [0.4, 0.5) is 4.79 Å². The number of hydrogen-bond donors (Lipinski definition) is 5. The maximum absolute atomic E-state index is 10.0. The minimum atomic E-state index is -0.955. The largest absolute Gasteiger partial charge is 0.480 e. The quantitative estimate of drug-likeness (QED) is 0.353. The van der Waals surface area contributed by atoms with E-state index in [2.05, 4.69) is 11.5 Å². The number of nitrogens with two attached hydrogens (primary N) is 4. The summed E-state index contributed by atoms with van der Waals surface area (Å²) < 4.78 is 0. The number of aliphatic carboxylic acids is 1. The fourth-order valence-electron chi connectivity index (χ4n) is 0.461. The van der Waals surface area contributed by atoms with Crippen molar-refractivity contribution in [3.05, 3.63) is 0 Å². The molecule has 0 aromatic heterocycles. The van der Waals surface area contributed by atoms with Crippen molar-refractivity contribution in [2.75, 3.05) is 6.54 Å². The Hall–Kier alpha value is -1.34. The van der Waals surface area contributed by atoms with Gasteiger partial charge in [0, 0.05) is 0 Å². The Kier molecular flexibility index (Phi) is 9.56. The first-order valence-electron chi connectivity index (χ1n) is 3.65. The molecule has 0 aliphatic rings. The van der Waals surface area contributed by atoms with E-state index >= 15 is 0 Å². The van der Waals surface area contributed by atoms with Crippen LogP contribution >= 0.6 is 0 Å². The monoisotopic (exact) mass is 192 g/mol. The Bertz CT molecular complexity index is 158. The van der Waals surface area contributed by atoms with Gasteiger partial charge >= 0.3 is 12.0 Å². The molecule has 2 amide bonds. The summed E-state index contributed by atoms with van der Waals surface area (Å²) in [5.74, 6) is -0.955. The number of carboxylic acid groups (broad SMARTS) is 1. The molecule has 78 valence electrons. The van der Waals surface area contributed by atoms with E-state index in [1.54, 1.807) is 0 Å². The number of rotatable bonds is 4. The predicted octanol–water partition coefficient (Wildman–Crippen LogP) is -1.84. The minimum Gasteiger partial charge on any atom is -0.480 e. The van der Waals surface area contributed by atoms with Gasteiger partial charge in [-0.05, 0) is 19.4 Å². The van der Waals surface area contributed by atoms with Gasteiger partial charge in [-0.3, -0.25) is 4.79 Å². The van der Waals surface area contributed by atoms with Crippen LogP contribution in [0.5, 0.6) is 0 Å². The van der Waals surface area contributed by atoms with Gasteiger partial charge in [-0.1, -0.05) is 0 Å². The third-order valence-corrected chi connectivity index (χ3v) is 1.04. The van der Waals surface area contributed by atoms with Crippen LogP contribution < -0.4 is 22.9 Å². The van der Waals surface area contributed by atoms with E-state index in [0.29, 0.717) is 19.4 Å². The average molecular weight is 192 g/mol. The minimum absolute atomic E-state index is 0.464. The number of amides is 2. The number of urea groups is 1. The Morgan fingerprint density at radius 1 is 1.31 bits per heavy atom. The van der Waals surface area contributed by atoms with Crippen molar-refractivity contribution in [1.82, 2.24) is 0 Å². The van der Waals surface area contributed by atoms with Gasteiger partial charge < -0.3 is 28.0 Å². The summed E-state index contributed by atoms with van der Waals surface area (Å²) in [5, 5.41) is 8.24. The molecule has 0 heterocycles. The van der Waals surface area contributed by atoms with Crippen LogP contribution in [0.2, 0.25) is 0 Å². The zero-order valence-corrected chi connectivity index (χ0v) is 7.27. The van der Waals surface area contributed by atoms with Crippen molar-refractivity contribution in [2.45, 2.75) is 18.9 Å². The highest BCUT2D eigenvalue weighted by atomic mass is 16.4. The van der Waals surface area contributed by atoms with Crippen molar-refractivity contribution < 1.29 is 14.7 Å². The highest BCUT2D eigenvalue weighted by molar-refractivity contribution is 5.72. The second-order valence-electron chi connectivity index (χ2n) is 2.28. The van der Waals surface area contributed by atoms with E-state index in [4.69, 9.17) is 21.4 Å². The molecule has 0 rings (SSSR count). The van der Waals surface area contributed by atoms with Gasteiger partial charge in [-0.2, -0.15) is 0 Å². The number of hydrogen-bond acceptors (Lipinski definition) is 4. The molecular formula is C6H16N4O3. The van der Waals surface area contributed by atoms with E-state index in [-0.39, 0.29) is 0 Å². The second-order valence-corrected chi connectivity index (χ2v) is 2.28. The zero-order valence-electron chi connectivity index (χ0n) is 7.27. The fraction of sp³-hybridized carbons (Fsp3) is 0.667. The van der Waals surface area contributed by atoms with Crippen molar-refractivity contribution >= 4 is 12.0 Å². The van der Waals surface area contributed by atoms with E-state index in [1.165, 1.54) is 0 Å². The molecule has 9 N–H and O–H groups in total. The lowest BCUT2D eigenvalue weighted by atomic mass is 10.2. The van der Waals surface area contributed by atoms with Crippen LogP contribution in [0.1, 0.15) is 12.8 Å². The maximum Gasteiger partial charge on any atom is 0.320 e. The van der Waals surface area contributed by atoms with Crippen molar-refractivity contribution in [3.63, 3.8) is 0 Å². The molecule has 0 saturated carbocycles. The molecule has 1 atom stereocenters. The van der Waals surface area contributed by atoms with E-state index in [0.717, 1.165) is 0 Å². The van der Waals surface area contributed by atoms with Crippen LogP contribution in [0.25, 0.3) is 0 Å². The Morgan fingerprint density at radius 2 is 1.69 bits per heavy atom. The summed E-state index contributed by atoms with van der Waals surface area (Å²) in [7, 11) is 0. The first-order chi connectivity index (χ1) is 5.91. The Labute approximate surface area is 76.0 Å². The molecule has 0 aliphatic heterocycles. The van der Waals surface area contributed by atoms with Gasteiger partial charge in [-0.15, -0.1) is 0 Å². The van der Waals surface area contributed by atoms with Gasteiger partial charge in [0.1, 0.15) is 6.04 Å². The van der Waals surface area contributed by atoms with Crippen molar-refractivity contribution in [3.8, 4) is 0 Å². The molecule has 7 heteroatoms. The highest BCUT2D eigenvalue weighted by Gasteiger charge is 2.08. The summed E-state index contributed by atoms with van der Waals surface area (Å²) >= 11 is 0. The smallest absolute Gasteiger partial charge is 0.320 e. The predicted molar refractivity (Wildman–Crippen MR) is 47.7 cm³/mol. The number of carboxylic acids is 1. The summed E-state index contributed by atoms with van der Waals surface area (Å²) in [5.41, 5.74) is 18.8. The van der Waals surface area contributed by atoms with Crippen LogP contribution in [-0.2, 0) is 4.79 Å². The Balaban J connectivity index is 0. The van der Waals surface area contributed by atoms with Gasteiger partial charge in [0.15, 0.2) is 0 Å². The van der Waals surface area contributed by atoms with Crippen LogP contribution in [0.3, 0.4) is 0 Å². The zero-order chi connectivity index (χ0) is 10.9. The maximum atomic E-state index is 10.0. The SMILES string of the molecule is NC(N)=O.NCCC[C@H](N)C(=O)O. The standard InChI is InChI=1S/C5H12N2O2.CH4N2O/c6-3-1-2-4(7)5(8)9;2-1(3)4/h4H,1-3,6-7H2,(H,8,9);(H4,2,3,4)/t4-;/m0./s1. The number of carbonyl (C=O) groups excluding carboxylic acids is 1. The molecule has 0 fully saturated rings. The number of carbonyl (C=O) groups is 2. The first-order valence-corrected chi connectivity index (χ1v) is 3.65. The third kappa shape index (κ3) is 18.0. The van der Waals surface area contributed by atoms with E-state index in [1.807, 2.05) is 0 Å². The van der Waals surface area contributed by atoms with Crippen LogP contribution in [-0.4, -0.2) is 29.7 Å². The summed E-state index contributed by atoms with van der Waals surface area (Å²) in [4.78, 5) is 19.0. The molecular weight excluding hydrogens is 176 g/mol. The van der Waals surface area contributed by atoms with Gasteiger partial charge in [0.2, 0.25) is 0 Å². The molecule has 13 heavy (non-hydrogen) atoms. The molecule has 0 bridgehead atoms. The fourth-order valence-corrected chi connectivity index (χ4v) is 0.461. The lowest BCUT2D eigenvalue weighted by Gasteiger charge is -2.02. The molecule has 0 unspecified atom stereocenters. The van der Waals surface area contributed by atoms with E-state index in [9.17, 15) is 4.79 Å². The molecule has 7 nitrogen and oxygen atoms in total. The van der Waals surface area contributed by atoms with Crippen molar-refractivity contribution in [2.24, 2.45) is 22.9 Å². The topological polar surface area (TPSA) is 158 Å².